The van der Waals surface area contributed by atoms with Gasteiger partial charge in [-0.2, -0.15) is 21.4 Å². The zero-order valence-electron chi connectivity index (χ0n) is 32.8. The molecule has 14 nitrogen and oxygen atoms in total. The first-order chi connectivity index (χ1) is 26.7. The summed E-state index contributed by atoms with van der Waals surface area (Å²) in [4.78, 5) is 14.4. The maximum absolute atomic E-state index is 11.7. The van der Waals surface area contributed by atoms with Crippen molar-refractivity contribution in [1.82, 2.24) is 5.32 Å². The Morgan fingerprint density at radius 2 is 1.67 bits per heavy atom. The molecular weight excluding hydrogens is 795 g/mol. The molecule has 0 fully saturated rings. The first-order valence-electron chi connectivity index (χ1n) is 18.7. The Balaban J connectivity index is 1.58. The Morgan fingerprint density at radius 3 is 2.35 bits per heavy atom. The van der Waals surface area contributed by atoms with E-state index in [9.17, 15) is 35.8 Å². The summed E-state index contributed by atoms with van der Waals surface area (Å²) in [6.45, 7) is 11.3. The van der Waals surface area contributed by atoms with Crippen LogP contribution in [-0.4, -0.2) is 83.7 Å². The SMILES string of the molecule is Cc1ccc2c(c1)C(C)(C)/C(=C/C=C1\CCCC(/C=C/C3=[N+](CCCS(=O)(=O)O)c4ccc(SOOO)cc4C3(C)C)=C1NCCC(=O)O)N2CCCS(=O)(=O)O. The summed E-state index contributed by atoms with van der Waals surface area (Å²) in [6, 6.07) is 11.8. The first-order valence-corrected chi connectivity index (χ1v) is 22.7. The lowest BCUT2D eigenvalue weighted by molar-refractivity contribution is -0.437. The number of fused-ring (bicyclic) bond motifs is 2. The third-order valence-corrected chi connectivity index (χ3v) is 12.9. The van der Waals surface area contributed by atoms with Gasteiger partial charge in [0, 0.05) is 64.6 Å². The molecule has 2 aromatic rings. The van der Waals surface area contributed by atoms with E-state index >= 15 is 0 Å². The minimum absolute atomic E-state index is 0.0925. The molecule has 310 valence electrons. The fourth-order valence-corrected chi connectivity index (χ4v) is 9.37. The molecule has 0 amide bonds. The van der Waals surface area contributed by atoms with Gasteiger partial charge in [-0.15, -0.1) is 4.33 Å². The van der Waals surface area contributed by atoms with Gasteiger partial charge in [0.2, 0.25) is 5.69 Å². The number of carboxylic acids is 1. The molecule has 2 aliphatic heterocycles. The highest BCUT2D eigenvalue weighted by Crippen LogP contribution is 2.48. The Bertz CT molecular complexity index is 2260. The second-order valence-electron chi connectivity index (χ2n) is 15.5. The van der Waals surface area contributed by atoms with Gasteiger partial charge in [0.05, 0.1) is 35.4 Å². The van der Waals surface area contributed by atoms with Crippen molar-refractivity contribution in [1.29, 1.82) is 0 Å². The summed E-state index contributed by atoms with van der Waals surface area (Å²) < 4.78 is 72.2. The van der Waals surface area contributed by atoms with E-state index in [2.05, 4.69) is 65.5 Å². The molecule has 1 aliphatic carbocycles. The maximum atomic E-state index is 11.7. The number of allylic oxidation sites excluding steroid dienone is 7. The van der Waals surface area contributed by atoms with E-state index in [1.165, 1.54) is 0 Å². The number of aliphatic carboxylic acids is 1. The van der Waals surface area contributed by atoms with Crippen LogP contribution in [-0.2, 0) is 45.2 Å². The van der Waals surface area contributed by atoms with Crippen LogP contribution >= 0.6 is 12.0 Å². The van der Waals surface area contributed by atoms with E-state index in [-0.39, 0.29) is 31.6 Å². The summed E-state index contributed by atoms with van der Waals surface area (Å²) in [7, 11) is -8.32. The van der Waals surface area contributed by atoms with Crippen LogP contribution in [0.3, 0.4) is 0 Å². The molecular formula is C40H52N3O11S3+. The highest BCUT2D eigenvalue weighted by molar-refractivity contribution is 7.94. The van der Waals surface area contributed by atoms with Crippen LogP contribution in [0.25, 0.3) is 0 Å². The second kappa shape index (κ2) is 18.0. The molecule has 2 heterocycles. The average molecular weight is 847 g/mol. The van der Waals surface area contributed by atoms with Gasteiger partial charge in [-0.1, -0.05) is 48.7 Å². The number of aryl methyl sites for hydroxylation is 1. The summed E-state index contributed by atoms with van der Waals surface area (Å²) in [5, 5.41) is 25.4. The van der Waals surface area contributed by atoms with Crippen molar-refractivity contribution < 1.29 is 55.0 Å². The Morgan fingerprint density at radius 1 is 0.947 bits per heavy atom. The Kier molecular flexibility index (Phi) is 14.0. The number of nitrogens with one attached hydrogen (secondary N) is 1. The molecule has 0 saturated carbocycles. The molecule has 0 bridgehead atoms. The first kappa shape index (κ1) is 44.3. The fraction of sp³-hybridized carbons (Fsp3) is 0.450. The monoisotopic (exact) mass is 846 g/mol. The van der Waals surface area contributed by atoms with Crippen molar-refractivity contribution in [2.45, 2.75) is 88.9 Å². The number of hydrogen-bond donors (Lipinski definition) is 5. The van der Waals surface area contributed by atoms with E-state index in [1.54, 1.807) is 6.07 Å². The molecule has 0 radical (unpaired) electrons. The summed E-state index contributed by atoms with van der Waals surface area (Å²) in [6.07, 6.45) is 10.7. The van der Waals surface area contributed by atoms with Crippen LogP contribution in [0.15, 0.2) is 88.1 Å². The molecule has 5 rings (SSSR count). The molecule has 57 heavy (non-hydrogen) atoms. The lowest BCUT2D eigenvalue weighted by atomic mass is 9.81. The van der Waals surface area contributed by atoms with Crippen LogP contribution in [0.5, 0.6) is 0 Å². The van der Waals surface area contributed by atoms with E-state index < -0.39 is 42.8 Å². The largest absolute Gasteiger partial charge is 0.481 e. The summed E-state index contributed by atoms with van der Waals surface area (Å²) >= 11 is 0.836. The van der Waals surface area contributed by atoms with Crippen molar-refractivity contribution in [2.24, 2.45) is 0 Å². The van der Waals surface area contributed by atoms with Crippen LogP contribution < -0.4 is 10.2 Å². The molecule has 3 aliphatic rings. The zero-order valence-corrected chi connectivity index (χ0v) is 35.3. The summed E-state index contributed by atoms with van der Waals surface area (Å²) in [5.41, 5.74) is 8.59. The molecule has 17 heteroatoms. The Hall–Kier alpha value is -3.81. The summed E-state index contributed by atoms with van der Waals surface area (Å²) in [5.74, 6) is -1.70. The smallest absolute Gasteiger partial charge is 0.305 e. The Labute approximate surface area is 339 Å². The van der Waals surface area contributed by atoms with E-state index in [0.29, 0.717) is 24.4 Å². The number of hydrogen-bond acceptors (Lipinski definition) is 11. The van der Waals surface area contributed by atoms with Crippen LogP contribution in [0.2, 0.25) is 0 Å². The van der Waals surface area contributed by atoms with Crippen molar-refractivity contribution >= 4 is 55.3 Å². The number of nitrogens with zero attached hydrogens (tertiary/aromatic N) is 2. The molecule has 0 aromatic heterocycles. The number of carbonyl (C=O) groups is 1. The number of carboxylic acid groups (broad SMARTS) is 1. The van der Waals surface area contributed by atoms with Crippen molar-refractivity contribution in [2.75, 3.05) is 36.0 Å². The molecule has 0 atom stereocenters. The molecule has 2 aromatic carbocycles. The normalized spacial score (nSPS) is 19.3. The van der Waals surface area contributed by atoms with Crippen molar-refractivity contribution in [3.05, 3.63) is 99.9 Å². The minimum Gasteiger partial charge on any atom is -0.481 e. The van der Waals surface area contributed by atoms with E-state index in [0.717, 1.165) is 81.2 Å². The molecule has 0 spiro atoms. The fourth-order valence-electron chi connectivity index (χ4n) is 7.98. The number of anilines is 1. The van der Waals surface area contributed by atoms with Crippen molar-refractivity contribution in [3.63, 3.8) is 0 Å². The van der Waals surface area contributed by atoms with E-state index in [1.807, 2.05) is 47.9 Å². The van der Waals surface area contributed by atoms with E-state index in [4.69, 9.17) is 5.26 Å². The quantitative estimate of drug-likeness (QED) is 0.0337. The van der Waals surface area contributed by atoms with Gasteiger partial charge in [0.25, 0.3) is 20.2 Å². The molecule has 5 N–H and O–H groups in total. The topological polar surface area (TPSA) is 203 Å². The second-order valence-corrected chi connectivity index (χ2v) is 19.5. The molecule has 0 saturated heterocycles. The van der Waals surface area contributed by atoms with Gasteiger partial charge in [-0.25, -0.2) is 5.26 Å². The lowest BCUT2D eigenvalue weighted by Crippen LogP contribution is -2.28. The average Bonchev–Trinajstić information content (AvgIpc) is 3.45. The zero-order chi connectivity index (χ0) is 41.8. The van der Waals surface area contributed by atoms with Gasteiger partial charge in [0.15, 0.2) is 5.71 Å². The van der Waals surface area contributed by atoms with Gasteiger partial charge in [-0.3, -0.25) is 13.9 Å². The predicted octanol–water partition coefficient (Wildman–Crippen LogP) is 7.02. The van der Waals surface area contributed by atoms with Crippen LogP contribution in [0, 0.1) is 6.92 Å². The maximum Gasteiger partial charge on any atom is 0.305 e. The predicted molar refractivity (Wildman–Crippen MR) is 220 cm³/mol. The highest BCUT2D eigenvalue weighted by Gasteiger charge is 2.45. The van der Waals surface area contributed by atoms with Gasteiger partial charge in [-0.05, 0) is 87.4 Å². The number of benzene rings is 2. The standard InChI is InChI=1S/C40H51N3O11S3/c1-27-11-15-33-31(25-27)39(2,3)35(42(33)21-7-23-56(47,48)49)17-12-28-9-6-10-29(38(28)41-20-19-37(44)45)13-18-36-40(4,5)32-26-30(55-54-53-46)14-16-34(32)43(36)22-8-24-57(50,51)52/h11-18,25-26H,6-10,19-24H2,1-5H3,(H4,44,45,46,47,48,49,50,51,52)/p+1/b28-12+,35-17-. The van der Waals surface area contributed by atoms with Crippen LogP contribution in [0.1, 0.15) is 82.9 Å². The molecule has 0 unspecified atom stereocenters. The highest BCUT2D eigenvalue weighted by atomic mass is 32.2. The third-order valence-electron chi connectivity index (χ3n) is 10.7. The van der Waals surface area contributed by atoms with Gasteiger partial charge >= 0.3 is 5.97 Å². The van der Waals surface area contributed by atoms with Crippen molar-refractivity contribution in [3.8, 4) is 0 Å². The van der Waals surface area contributed by atoms with Gasteiger partial charge in [0.1, 0.15) is 6.54 Å². The van der Waals surface area contributed by atoms with Gasteiger partial charge < -0.3 is 15.3 Å². The third kappa shape index (κ3) is 10.8. The minimum atomic E-state index is -4.18. The van der Waals surface area contributed by atoms with Crippen LogP contribution in [0.4, 0.5) is 11.4 Å². The lowest BCUT2D eigenvalue weighted by Gasteiger charge is -2.27. The number of rotatable bonds is 18.